The molecule has 0 aliphatic carbocycles. The number of unbranched alkanes of at least 4 members (excludes halogenated alkanes) is 24. The molecule has 0 spiro atoms. The van der Waals surface area contributed by atoms with Gasteiger partial charge in [0.2, 0.25) is 5.91 Å². The summed E-state index contributed by atoms with van der Waals surface area (Å²) in [4.78, 5) is 23.3. The molecule has 0 aromatic carbocycles. The second kappa shape index (κ2) is 50.6. The largest absolute Gasteiger partial charge is 0.472 e. The smallest absolute Gasteiger partial charge is 0.391 e. The number of nitrogens with zero attached hydrogens (tertiary/aromatic N) is 1. The molecule has 69 heavy (non-hydrogen) atoms. The van der Waals surface area contributed by atoms with Crippen molar-refractivity contribution in [3.63, 3.8) is 0 Å². The van der Waals surface area contributed by atoms with E-state index in [9.17, 15) is 19.4 Å². The van der Waals surface area contributed by atoms with Crippen molar-refractivity contribution >= 4 is 13.7 Å². The number of rotatable bonds is 51. The molecule has 0 aromatic rings. The van der Waals surface area contributed by atoms with Crippen molar-refractivity contribution in [3.8, 4) is 0 Å². The van der Waals surface area contributed by atoms with Gasteiger partial charge in [-0.3, -0.25) is 13.8 Å². The number of phosphoric ester groups is 1. The van der Waals surface area contributed by atoms with Gasteiger partial charge < -0.3 is 19.8 Å². The van der Waals surface area contributed by atoms with Gasteiger partial charge in [0.05, 0.1) is 39.9 Å². The van der Waals surface area contributed by atoms with Gasteiger partial charge in [-0.05, 0) is 70.6 Å². The summed E-state index contributed by atoms with van der Waals surface area (Å²) in [5, 5.41) is 14.0. The molecule has 0 aromatic heterocycles. The van der Waals surface area contributed by atoms with Crippen molar-refractivity contribution in [1.82, 2.24) is 5.32 Å². The maximum Gasteiger partial charge on any atom is 0.472 e. The molecule has 0 rings (SSSR count). The number of phosphoric acid groups is 1. The summed E-state index contributed by atoms with van der Waals surface area (Å²) in [5.74, 6) is -0.153. The van der Waals surface area contributed by atoms with Crippen LogP contribution in [0.4, 0.5) is 0 Å². The Balaban J connectivity index is 4.18. The highest BCUT2D eigenvalue weighted by Gasteiger charge is 2.28. The Kier molecular flexibility index (Phi) is 48.9. The standard InChI is InChI=1S/C60H109N2O6P/c1-6-8-10-12-14-16-18-20-22-24-25-26-27-28-29-30-31-32-33-34-35-36-37-38-40-42-44-46-48-50-52-54-60(64)61-58(57-68-69(65,66)67-56-55-62(3,4)5)59(63)53-51-49-47-45-43-41-39-23-21-19-17-15-13-11-9-7-2/h8,10,14,16,20,22,25-26,28-29,31-32,34-35,58-59,63H,6-7,9,11-13,15,17-19,21,23-24,27,30,33,36-57H2,1-5H3,(H-,61,64,65,66)/p+1/b10-8-,16-14-,22-20-,26-25-,29-28-,32-31-,35-34-. The molecule has 1 amide bonds. The summed E-state index contributed by atoms with van der Waals surface area (Å²) < 4.78 is 23.8. The maximum atomic E-state index is 13.0. The van der Waals surface area contributed by atoms with E-state index in [1.165, 1.54) is 122 Å². The Morgan fingerprint density at radius 2 is 0.870 bits per heavy atom. The van der Waals surface area contributed by atoms with Crippen molar-refractivity contribution < 1.29 is 32.9 Å². The zero-order valence-electron chi connectivity index (χ0n) is 45.5. The topological polar surface area (TPSA) is 105 Å². The van der Waals surface area contributed by atoms with Crippen molar-refractivity contribution in [2.45, 2.75) is 251 Å². The van der Waals surface area contributed by atoms with Gasteiger partial charge >= 0.3 is 7.82 Å². The molecule has 8 nitrogen and oxygen atoms in total. The normalized spacial score (nSPS) is 14.6. The number of aliphatic hydroxyl groups excluding tert-OH is 1. The molecule has 0 saturated heterocycles. The number of carbonyl (C=O) groups is 1. The lowest BCUT2D eigenvalue weighted by atomic mass is 10.0. The fourth-order valence-corrected chi connectivity index (χ4v) is 8.70. The molecule has 3 unspecified atom stereocenters. The second-order valence-electron chi connectivity index (χ2n) is 20.3. The number of aliphatic hydroxyl groups is 1. The first kappa shape index (κ1) is 66.7. The molecule has 0 fully saturated rings. The average molecular weight is 987 g/mol. The highest BCUT2D eigenvalue weighted by molar-refractivity contribution is 7.47. The van der Waals surface area contributed by atoms with Crippen molar-refractivity contribution in [2.75, 3.05) is 40.9 Å². The molecule has 9 heteroatoms. The number of hydrogen-bond donors (Lipinski definition) is 3. The fourth-order valence-electron chi connectivity index (χ4n) is 7.97. The molecular weight excluding hydrogens is 876 g/mol. The molecule has 400 valence electrons. The molecule has 0 saturated carbocycles. The van der Waals surface area contributed by atoms with Crippen molar-refractivity contribution in [2.24, 2.45) is 0 Å². The number of amides is 1. The van der Waals surface area contributed by atoms with Crippen molar-refractivity contribution in [1.29, 1.82) is 0 Å². The Labute approximate surface area is 426 Å². The Morgan fingerprint density at radius 1 is 0.507 bits per heavy atom. The maximum absolute atomic E-state index is 13.0. The van der Waals surface area contributed by atoms with E-state index in [2.05, 4.69) is 104 Å². The zero-order chi connectivity index (χ0) is 50.6. The van der Waals surface area contributed by atoms with Crippen LogP contribution in [-0.4, -0.2) is 73.4 Å². The lowest BCUT2D eigenvalue weighted by Gasteiger charge is -2.26. The number of carbonyl (C=O) groups excluding carboxylic acids is 1. The van der Waals surface area contributed by atoms with Crippen LogP contribution in [0.3, 0.4) is 0 Å². The van der Waals surface area contributed by atoms with Gasteiger partial charge in [0.1, 0.15) is 13.2 Å². The minimum Gasteiger partial charge on any atom is -0.391 e. The molecule has 0 aliphatic rings. The van der Waals surface area contributed by atoms with Crippen molar-refractivity contribution in [3.05, 3.63) is 85.1 Å². The van der Waals surface area contributed by atoms with Crippen LogP contribution in [0.15, 0.2) is 85.1 Å². The van der Waals surface area contributed by atoms with E-state index in [0.29, 0.717) is 23.9 Å². The van der Waals surface area contributed by atoms with Crippen LogP contribution in [0.25, 0.3) is 0 Å². The van der Waals surface area contributed by atoms with E-state index in [4.69, 9.17) is 9.05 Å². The second-order valence-corrected chi connectivity index (χ2v) is 21.7. The predicted octanol–water partition coefficient (Wildman–Crippen LogP) is 17.3. The Morgan fingerprint density at radius 3 is 1.28 bits per heavy atom. The highest BCUT2D eigenvalue weighted by atomic mass is 31.2. The number of hydrogen-bond acceptors (Lipinski definition) is 5. The molecular formula is C60H110N2O6P+. The van der Waals surface area contributed by atoms with Gasteiger partial charge in [0.25, 0.3) is 0 Å². The van der Waals surface area contributed by atoms with Gasteiger partial charge in [-0.2, -0.15) is 0 Å². The number of likely N-dealkylation sites (N-methyl/N-ethyl adjacent to an activating group) is 1. The summed E-state index contributed by atoms with van der Waals surface area (Å²) in [6, 6.07) is -0.769. The first-order chi connectivity index (χ1) is 33.5. The van der Waals surface area contributed by atoms with E-state index in [-0.39, 0.29) is 19.1 Å². The van der Waals surface area contributed by atoms with Crippen LogP contribution in [-0.2, 0) is 18.4 Å². The fraction of sp³-hybridized carbons (Fsp3) is 0.750. The summed E-state index contributed by atoms with van der Waals surface area (Å²) >= 11 is 0. The Hall–Kier alpha value is -2.32. The van der Waals surface area contributed by atoms with Crippen LogP contribution in [0, 0.1) is 0 Å². The third-order valence-electron chi connectivity index (χ3n) is 12.4. The summed E-state index contributed by atoms with van der Waals surface area (Å²) in [6.45, 7) is 4.77. The van der Waals surface area contributed by atoms with E-state index in [1.54, 1.807) is 0 Å². The monoisotopic (exact) mass is 986 g/mol. The number of allylic oxidation sites excluding steroid dienone is 14. The van der Waals surface area contributed by atoms with Crippen LogP contribution in [0.5, 0.6) is 0 Å². The SMILES string of the molecule is CC/C=C\C/C=C\C/C=C\C/C=C\C/C=C\C/C=C\C/C=C\CCCCCCCCCCCC(=O)NC(COP(=O)(O)OCC[N+](C)(C)C)C(O)CCCCCCCCCCCCCCCCCC. The third-order valence-corrected chi connectivity index (χ3v) is 13.4. The zero-order valence-corrected chi connectivity index (χ0v) is 46.4. The lowest BCUT2D eigenvalue weighted by Crippen LogP contribution is -2.46. The van der Waals surface area contributed by atoms with E-state index in [1.807, 2.05) is 21.1 Å². The highest BCUT2D eigenvalue weighted by Crippen LogP contribution is 2.43. The van der Waals surface area contributed by atoms with Gasteiger partial charge in [-0.1, -0.05) is 247 Å². The van der Waals surface area contributed by atoms with Gasteiger partial charge in [-0.25, -0.2) is 4.57 Å². The van der Waals surface area contributed by atoms with Gasteiger partial charge in [0.15, 0.2) is 0 Å². The molecule has 3 atom stereocenters. The van der Waals surface area contributed by atoms with Gasteiger partial charge in [-0.15, -0.1) is 0 Å². The molecule has 0 radical (unpaired) electrons. The van der Waals surface area contributed by atoms with E-state index in [0.717, 1.165) is 89.9 Å². The quantitative estimate of drug-likeness (QED) is 0.0243. The molecule has 0 bridgehead atoms. The van der Waals surface area contributed by atoms with E-state index < -0.39 is 20.0 Å². The van der Waals surface area contributed by atoms with Crippen LogP contribution < -0.4 is 5.32 Å². The molecule has 0 heterocycles. The summed E-state index contributed by atoms with van der Waals surface area (Å²) in [5.41, 5.74) is 0. The number of quaternary nitrogens is 1. The lowest BCUT2D eigenvalue weighted by molar-refractivity contribution is -0.870. The first-order valence-electron chi connectivity index (χ1n) is 28.5. The van der Waals surface area contributed by atoms with Crippen LogP contribution >= 0.6 is 7.82 Å². The van der Waals surface area contributed by atoms with Crippen LogP contribution in [0.2, 0.25) is 0 Å². The molecule has 3 N–H and O–H groups in total. The third kappa shape index (κ3) is 53.3. The summed E-state index contributed by atoms with van der Waals surface area (Å²) in [7, 11) is 1.60. The Bertz CT molecular complexity index is 1400. The minimum atomic E-state index is -4.33. The van der Waals surface area contributed by atoms with E-state index >= 15 is 0 Å². The predicted molar refractivity (Wildman–Crippen MR) is 299 cm³/mol. The average Bonchev–Trinajstić information content (AvgIpc) is 3.31. The van der Waals surface area contributed by atoms with Crippen LogP contribution in [0.1, 0.15) is 239 Å². The minimum absolute atomic E-state index is 0.0699. The first-order valence-corrected chi connectivity index (χ1v) is 29.9. The molecule has 0 aliphatic heterocycles. The number of nitrogens with one attached hydrogen (secondary N) is 1. The van der Waals surface area contributed by atoms with Gasteiger partial charge in [0, 0.05) is 6.42 Å². The summed E-state index contributed by atoms with van der Waals surface area (Å²) in [6.07, 6.45) is 70.6.